The number of carbonyl (C=O) groups is 1. The standard InChI is InChI=1S/C27H26ClN5O2/c28-21-4-6-23(7-5-21)35-24-3-1-2-18(12-24)15-32-16-20-9-11-33(25(20)17-32)27(34)31-22-13-19-8-10-29-26(19)30-14-22/h1-8,10,12-14,20,25H,9,11,15-17H2,(H,29,30)(H,31,34)/t20-,25+/m1/s1. The van der Waals surface area contributed by atoms with Crippen molar-refractivity contribution in [3.05, 3.63) is 83.6 Å². The number of hydrogen-bond donors (Lipinski definition) is 2. The maximum Gasteiger partial charge on any atom is 0.322 e. The van der Waals surface area contributed by atoms with E-state index in [1.54, 1.807) is 6.20 Å². The Morgan fingerprint density at radius 3 is 2.89 bits per heavy atom. The summed E-state index contributed by atoms with van der Waals surface area (Å²) < 4.78 is 5.99. The lowest BCUT2D eigenvalue weighted by Gasteiger charge is -2.25. The summed E-state index contributed by atoms with van der Waals surface area (Å²) in [4.78, 5) is 24.9. The fraction of sp³-hybridized carbons (Fsp3) is 0.259. The molecule has 4 aromatic rings. The van der Waals surface area contributed by atoms with Crippen LogP contribution >= 0.6 is 11.6 Å². The molecule has 0 spiro atoms. The molecule has 7 nitrogen and oxygen atoms in total. The summed E-state index contributed by atoms with van der Waals surface area (Å²) in [5.74, 6) is 2.06. The van der Waals surface area contributed by atoms with Gasteiger partial charge in [0.1, 0.15) is 17.1 Å². The molecule has 178 valence electrons. The van der Waals surface area contributed by atoms with Crippen molar-refractivity contribution in [2.24, 2.45) is 5.92 Å². The Morgan fingerprint density at radius 2 is 2.00 bits per heavy atom. The maximum absolute atomic E-state index is 13.1. The van der Waals surface area contributed by atoms with Gasteiger partial charge in [-0.05, 0) is 66.4 Å². The van der Waals surface area contributed by atoms with Crippen LogP contribution in [0.25, 0.3) is 11.0 Å². The van der Waals surface area contributed by atoms with E-state index in [0.29, 0.717) is 10.9 Å². The Kier molecular flexibility index (Phi) is 5.80. The lowest BCUT2D eigenvalue weighted by molar-refractivity contribution is 0.199. The van der Waals surface area contributed by atoms with Gasteiger partial charge in [-0.3, -0.25) is 4.90 Å². The zero-order chi connectivity index (χ0) is 23.8. The lowest BCUT2D eigenvalue weighted by Crippen LogP contribution is -2.42. The Balaban J connectivity index is 1.08. The first-order valence-corrected chi connectivity index (χ1v) is 12.2. The second-order valence-corrected chi connectivity index (χ2v) is 9.71. The van der Waals surface area contributed by atoms with E-state index in [2.05, 4.69) is 32.3 Å². The van der Waals surface area contributed by atoms with Crippen LogP contribution in [-0.4, -0.2) is 51.5 Å². The molecular weight excluding hydrogens is 462 g/mol. The number of anilines is 1. The summed E-state index contributed by atoms with van der Waals surface area (Å²) in [5.41, 5.74) is 2.73. The van der Waals surface area contributed by atoms with Gasteiger partial charge in [-0.15, -0.1) is 0 Å². The van der Waals surface area contributed by atoms with Gasteiger partial charge in [-0.1, -0.05) is 23.7 Å². The third kappa shape index (κ3) is 4.70. The minimum absolute atomic E-state index is 0.0469. The van der Waals surface area contributed by atoms with Gasteiger partial charge >= 0.3 is 6.03 Å². The van der Waals surface area contributed by atoms with E-state index in [1.807, 2.05) is 59.6 Å². The average molecular weight is 488 g/mol. The largest absolute Gasteiger partial charge is 0.457 e. The number of fused-ring (bicyclic) bond motifs is 2. The molecule has 0 unspecified atom stereocenters. The number of hydrogen-bond acceptors (Lipinski definition) is 4. The number of carbonyl (C=O) groups excluding carboxylic acids is 1. The number of nitrogens with zero attached hydrogens (tertiary/aromatic N) is 3. The molecule has 4 heterocycles. The number of benzene rings is 2. The average Bonchev–Trinajstić information content (AvgIpc) is 3.56. The first-order valence-electron chi connectivity index (χ1n) is 11.9. The molecular formula is C27H26ClN5O2. The first-order chi connectivity index (χ1) is 17.1. The van der Waals surface area contributed by atoms with Gasteiger partial charge in [-0.2, -0.15) is 0 Å². The Bertz CT molecular complexity index is 1360. The third-order valence-corrected chi connectivity index (χ3v) is 7.14. The van der Waals surface area contributed by atoms with Gasteiger partial charge < -0.3 is 19.9 Å². The number of nitrogens with one attached hydrogen (secondary N) is 2. The zero-order valence-corrected chi connectivity index (χ0v) is 19.9. The highest BCUT2D eigenvalue weighted by Gasteiger charge is 2.43. The third-order valence-electron chi connectivity index (χ3n) is 6.89. The van der Waals surface area contributed by atoms with E-state index in [0.717, 1.165) is 60.8 Å². The van der Waals surface area contributed by atoms with Gasteiger partial charge in [0.25, 0.3) is 0 Å². The second kappa shape index (κ2) is 9.24. The van der Waals surface area contributed by atoms with Crippen molar-refractivity contribution < 1.29 is 9.53 Å². The number of rotatable bonds is 5. The van der Waals surface area contributed by atoms with Crippen molar-refractivity contribution in [2.75, 3.05) is 25.0 Å². The number of aromatic amines is 1. The van der Waals surface area contributed by atoms with Crippen molar-refractivity contribution in [3.63, 3.8) is 0 Å². The molecule has 2 amide bonds. The van der Waals surface area contributed by atoms with Gasteiger partial charge in [0.05, 0.1) is 17.9 Å². The molecule has 0 radical (unpaired) electrons. The number of pyridine rings is 1. The predicted molar refractivity (Wildman–Crippen MR) is 137 cm³/mol. The quantitative estimate of drug-likeness (QED) is 0.376. The van der Waals surface area contributed by atoms with Gasteiger partial charge in [0.2, 0.25) is 0 Å². The van der Waals surface area contributed by atoms with Crippen molar-refractivity contribution in [1.29, 1.82) is 0 Å². The van der Waals surface area contributed by atoms with Crippen LogP contribution in [0.1, 0.15) is 12.0 Å². The summed E-state index contributed by atoms with van der Waals surface area (Å²) in [6.45, 7) is 3.48. The Morgan fingerprint density at radius 1 is 1.11 bits per heavy atom. The van der Waals surface area contributed by atoms with Crippen LogP contribution in [0.15, 0.2) is 73.1 Å². The number of urea groups is 1. The number of halogens is 1. The van der Waals surface area contributed by atoms with Crippen LogP contribution in [0.4, 0.5) is 10.5 Å². The molecule has 0 saturated carbocycles. The lowest BCUT2D eigenvalue weighted by atomic mass is 10.1. The number of ether oxygens (including phenoxy) is 1. The normalized spacial score (nSPS) is 19.7. The van der Waals surface area contributed by atoms with E-state index in [4.69, 9.17) is 16.3 Å². The van der Waals surface area contributed by atoms with Crippen molar-refractivity contribution in [1.82, 2.24) is 19.8 Å². The molecule has 6 rings (SSSR count). The molecule has 8 heteroatoms. The highest BCUT2D eigenvalue weighted by atomic mass is 35.5. The van der Waals surface area contributed by atoms with E-state index in [-0.39, 0.29) is 12.1 Å². The molecule has 2 N–H and O–H groups in total. The van der Waals surface area contributed by atoms with Crippen LogP contribution in [0.5, 0.6) is 11.5 Å². The summed E-state index contributed by atoms with van der Waals surface area (Å²) in [5, 5.41) is 4.71. The van der Waals surface area contributed by atoms with E-state index in [1.165, 1.54) is 5.56 Å². The molecule has 0 aliphatic carbocycles. The van der Waals surface area contributed by atoms with E-state index < -0.39 is 0 Å². The molecule has 35 heavy (non-hydrogen) atoms. The van der Waals surface area contributed by atoms with Crippen LogP contribution in [0, 0.1) is 5.92 Å². The molecule has 2 fully saturated rings. The number of aromatic nitrogens is 2. The maximum atomic E-state index is 13.1. The summed E-state index contributed by atoms with van der Waals surface area (Å²) in [6.07, 6.45) is 4.58. The smallest absolute Gasteiger partial charge is 0.322 e. The topological polar surface area (TPSA) is 73.5 Å². The summed E-state index contributed by atoms with van der Waals surface area (Å²) in [6, 6.07) is 19.6. The van der Waals surface area contributed by atoms with Gasteiger partial charge in [-0.25, -0.2) is 9.78 Å². The van der Waals surface area contributed by atoms with Crippen molar-refractivity contribution in [2.45, 2.75) is 19.0 Å². The van der Waals surface area contributed by atoms with Gasteiger partial charge in [0, 0.05) is 42.8 Å². The van der Waals surface area contributed by atoms with Crippen LogP contribution in [0.3, 0.4) is 0 Å². The van der Waals surface area contributed by atoms with Crippen LogP contribution < -0.4 is 10.1 Å². The Labute approximate surface area is 208 Å². The fourth-order valence-electron chi connectivity index (χ4n) is 5.24. The SMILES string of the molecule is O=C(Nc1cnc2[nH]ccc2c1)N1CC[C@@H]2CN(Cc3cccc(Oc4ccc(Cl)cc4)c3)C[C@@H]21. The number of amides is 2. The van der Waals surface area contributed by atoms with Gasteiger partial charge in [0.15, 0.2) is 0 Å². The molecule has 2 aliphatic rings. The molecule has 2 aromatic heterocycles. The second-order valence-electron chi connectivity index (χ2n) is 9.28. The van der Waals surface area contributed by atoms with Crippen molar-refractivity contribution in [3.8, 4) is 11.5 Å². The summed E-state index contributed by atoms with van der Waals surface area (Å²) in [7, 11) is 0. The predicted octanol–water partition coefficient (Wildman–Crippen LogP) is 5.75. The minimum atomic E-state index is -0.0469. The Hall–Kier alpha value is -3.55. The monoisotopic (exact) mass is 487 g/mol. The molecule has 0 bridgehead atoms. The van der Waals surface area contributed by atoms with E-state index >= 15 is 0 Å². The van der Waals surface area contributed by atoms with Crippen LogP contribution in [-0.2, 0) is 6.54 Å². The number of H-pyrrole nitrogens is 1. The molecule has 2 aromatic carbocycles. The molecule has 2 aliphatic heterocycles. The highest BCUT2D eigenvalue weighted by molar-refractivity contribution is 6.30. The first kappa shape index (κ1) is 21.9. The molecule has 2 atom stereocenters. The minimum Gasteiger partial charge on any atom is -0.457 e. The molecule has 2 saturated heterocycles. The highest BCUT2D eigenvalue weighted by Crippen LogP contribution is 2.33. The van der Waals surface area contributed by atoms with E-state index in [9.17, 15) is 4.79 Å². The fourth-order valence-corrected chi connectivity index (χ4v) is 5.36. The van der Waals surface area contributed by atoms with Crippen LogP contribution in [0.2, 0.25) is 5.02 Å². The zero-order valence-electron chi connectivity index (χ0n) is 19.2. The number of likely N-dealkylation sites (tertiary alicyclic amines) is 2. The summed E-state index contributed by atoms with van der Waals surface area (Å²) >= 11 is 5.97. The van der Waals surface area contributed by atoms with Crippen molar-refractivity contribution >= 4 is 34.4 Å².